The fourth-order valence-electron chi connectivity index (χ4n) is 5.66. The van der Waals surface area contributed by atoms with Crippen molar-refractivity contribution in [3.05, 3.63) is 29.3 Å². The van der Waals surface area contributed by atoms with E-state index in [2.05, 4.69) is 5.32 Å². The zero-order valence-electron chi connectivity index (χ0n) is 18.5. The van der Waals surface area contributed by atoms with Gasteiger partial charge in [0.15, 0.2) is 6.61 Å². The largest absolute Gasteiger partial charge is 0.454 e. The molecule has 2 saturated carbocycles. The van der Waals surface area contributed by atoms with E-state index < -0.39 is 24.5 Å². The number of carbonyl (C=O) groups is 4. The molecular weight excluding hydrogens is 396 g/mol. The molecule has 1 aliphatic heterocycles. The van der Waals surface area contributed by atoms with Gasteiger partial charge in [0.05, 0.1) is 11.8 Å². The Morgan fingerprint density at radius 2 is 1.71 bits per heavy atom. The smallest absolute Gasteiger partial charge is 0.330 e. The summed E-state index contributed by atoms with van der Waals surface area (Å²) in [5, 5.41) is 2.75. The third kappa shape index (κ3) is 3.75. The monoisotopic (exact) mass is 426 g/mol. The quantitative estimate of drug-likeness (QED) is 0.558. The van der Waals surface area contributed by atoms with Crippen LogP contribution < -0.4 is 5.32 Å². The number of rotatable bonds is 6. The Kier molecular flexibility index (Phi) is 5.62. The van der Waals surface area contributed by atoms with Crippen molar-refractivity contribution in [2.24, 2.45) is 29.6 Å². The van der Waals surface area contributed by atoms with Gasteiger partial charge in [-0.05, 0) is 68.1 Å². The topological polar surface area (TPSA) is 92.8 Å². The van der Waals surface area contributed by atoms with Gasteiger partial charge < -0.3 is 10.1 Å². The van der Waals surface area contributed by atoms with Crippen molar-refractivity contribution in [2.75, 3.05) is 11.9 Å². The lowest BCUT2D eigenvalue weighted by atomic mass is 9.81. The first-order valence-corrected chi connectivity index (χ1v) is 11.1. The Hall–Kier alpha value is -2.70. The second-order valence-electron chi connectivity index (χ2n) is 9.59. The number of hydrogen-bond acceptors (Lipinski definition) is 5. The summed E-state index contributed by atoms with van der Waals surface area (Å²) >= 11 is 0. The van der Waals surface area contributed by atoms with Gasteiger partial charge in [0.1, 0.15) is 6.04 Å². The van der Waals surface area contributed by atoms with Crippen molar-refractivity contribution in [3.63, 3.8) is 0 Å². The molecule has 0 radical (unpaired) electrons. The van der Waals surface area contributed by atoms with Crippen molar-refractivity contribution in [1.29, 1.82) is 0 Å². The molecule has 1 aromatic rings. The van der Waals surface area contributed by atoms with Gasteiger partial charge in [0.2, 0.25) is 11.8 Å². The van der Waals surface area contributed by atoms with E-state index in [1.54, 1.807) is 13.8 Å². The van der Waals surface area contributed by atoms with Crippen molar-refractivity contribution in [3.8, 4) is 0 Å². The highest BCUT2D eigenvalue weighted by Crippen LogP contribution is 2.56. The SMILES string of the molecule is Cc1ccc(C)c(NC(=O)COC(=O)[C@H](C(C)C)N2C(=O)[C@@H]3[C@H]4CC[C@@H](C4)[C@H]3C2=O)c1. The van der Waals surface area contributed by atoms with E-state index in [1.807, 2.05) is 32.0 Å². The number of likely N-dealkylation sites (tertiary alicyclic amines) is 1. The van der Waals surface area contributed by atoms with Gasteiger partial charge in [0, 0.05) is 5.69 Å². The van der Waals surface area contributed by atoms with Crippen LogP contribution in [0.2, 0.25) is 0 Å². The molecule has 3 fully saturated rings. The van der Waals surface area contributed by atoms with Crippen LogP contribution in [0.1, 0.15) is 44.2 Å². The first-order chi connectivity index (χ1) is 14.7. The summed E-state index contributed by atoms with van der Waals surface area (Å²) in [6.07, 6.45) is 2.90. The average molecular weight is 427 g/mol. The minimum atomic E-state index is -1.00. The summed E-state index contributed by atoms with van der Waals surface area (Å²) in [6, 6.07) is 4.70. The van der Waals surface area contributed by atoms with Gasteiger partial charge >= 0.3 is 5.97 Å². The number of carbonyl (C=O) groups excluding carboxylic acids is 4. The van der Waals surface area contributed by atoms with E-state index in [9.17, 15) is 19.2 Å². The maximum absolute atomic E-state index is 13.1. The number of nitrogens with one attached hydrogen (secondary N) is 1. The molecule has 166 valence electrons. The predicted molar refractivity (Wildman–Crippen MR) is 114 cm³/mol. The van der Waals surface area contributed by atoms with Crippen LogP contribution in [0, 0.1) is 43.4 Å². The summed E-state index contributed by atoms with van der Waals surface area (Å²) in [4.78, 5) is 52.6. The standard InChI is InChI=1S/C24H30N2O5/c1-12(2)21(26-22(28)19-15-7-8-16(10-15)20(19)23(26)29)24(30)31-11-18(27)25-17-9-13(3)5-6-14(17)4/h5-6,9,12,15-16,19-21H,7-8,10-11H2,1-4H3,(H,25,27)/t15-,16-,19+,20+,21-/m0/s1. The minimum Gasteiger partial charge on any atom is -0.454 e. The number of imide groups is 1. The number of hydrogen-bond donors (Lipinski definition) is 1. The van der Waals surface area contributed by atoms with Gasteiger partial charge in [-0.3, -0.25) is 19.3 Å². The van der Waals surface area contributed by atoms with Crippen LogP contribution in [0.15, 0.2) is 18.2 Å². The van der Waals surface area contributed by atoms with E-state index in [0.717, 1.165) is 35.3 Å². The highest BCUT2D eigenvalue weighted by molar-refractivity contribution is 6.08. The maximum Gasteiger partial charge on any atom is 0.330 e. The molecule has 2 bridgehead atoms. The molecule has 3 amide bonds. The van der Waals surface area contributed by atoms with Crippen LogP contribution in [0.4, 0.5) is 5.69 Å². The second kappa shape index (κ2) is 8.09. The van der Waals surface area contributed by atoms with Crippen molar-refractivity contribution >= 4 is 29.4 Å². The lowest BCUT2D eigenvalue weighted by Crippen LogP contribution is -2.50. The molecule has 2 aliphatic carbocycles. The highest BCUT2D eigenvalue weighted by atomic mass is 16.5. The molecule has 3 aliphatic rings. The minimum absolute atomic E-state index is 0.238. The molecule has 1 aromatic carbocycles. The number of nitrogens with zero attached hydrogens (tertiary/aromatic N) is 1. The number of aryl methyl sites for hydroxylation is 2. The number of anilines is 1. The molecule has 31 heavy (non-hydrogen) atoms. The van der Waals surface area contributed by atoms with Crippen LogP contribution in [-0.4, -0.2) is 41.2 Å². The lowest BCUT2D eigenvalue weighted by molar-refractivity contribution is -0.162. The van der Waals surface area contributed by atoms with Crippen molar-refractivity contribution in [2.45, 2.75) is 53.0 Å². The predicted octanol–water partition coefficient (Wildman–Crippen LogP) is 2.84. The summed E-state index contributed by atoms with van der Waals surface area (Å²) in [5.74, 6) is -2.01. The van der Waals surface area contributed by atoms with Crippen LogP contribution >= 0.6 is 0 Å². The Labute approximate surface area is 182 Å². The molecular formula is C24H30N2O5. The summed E-state index contributed by atoms with van der Waals surface area (Å²) < 4.78 is 5.27. The van der Waals surface area contributed by atoms with Crippen LogP contribution in [0.3, 0.4) is 0 Å². The zero-order valence-corrected chi connectivity index (χ0v) is 18.5. The molecule has 7 nitrogen and oxygen atoms in total. The van der Waals surface area contributed by atoms with Gasteiger partial charge in [-0.2, -0.15) is 0 Å². The zero-order chi connectivity index (χ0) is 22.4. The third-order valence-electron chi connectivity index (χ3n) is 7.13. The van der Waals surface area contributed by atoms with E-state index >= 15 is 0 Å². The molecule has 1 saturated heterocycles. The molecule has 5 atom stereocenters. The first kappa shape index (κ1) is 21.5. The number of ether oxygens (including phenoxy) is 1. The Morgan fingerprint density at radius 1 is 1.10 bits per heavy atom. The molecule has 1 heterocycles. The molecule has 4 rings (SSSR count). The van der Waals surface area contributed by atoms with Crippen LogP contribution in [-0.2, 0) is 23.9 Å². The molecule has 0 aromatic heterocycles. The summed E-state index contributed by atoms with van der Waals surface area (Å²) in [5.41, 5.74) is 2.57. The van der Waals surface area contributed by atoms with E-state index in [-0.39, 0.29) is 41.4 Å². The molecule has 7 heteroatoms. The van der Waals surface area contributed by atoms with Gasteiger partial charge in [-0.1, -0.05) is 26.0 Å². The van der Waals surface area contributed by atoms with E-state index in [4.69, 9.17) is 4.74 Å². The van der Waals surface area contributed by atoms with Crippen LogP contribution in [0.5, 0.6) is 0 Å². The normalized spacial score (nSPS) is 27.6. The van der Waals surface area contributed by atoms with Gasteiger partial charge in [-0.25, -0.2) is 4.79 Å². The van der Waals surface area contributed by atoms with Gasteiger partial charge in [-0.15, -0.1) is 0 Å². The Bertz CT molecular complexity index is 912. The number of amides is 3. The second-order valence-corrected chi connectivity index (χ2v) is 9.59. The van der Waals surface area contributed by atoms with Crippen molar-refractivity contribution < 1.29 is 23.9 Å². The number of fused-ring (bicyclic) bond motifs is 5. The maximum atomic E-state index is 13.1. The summed E-state index contributed by atoms with van der Waals surface area (Å²) in [6.45, 7) is 6.90. The average Bonchev–Trinajstić information content (AvgIpc) is 3.39. The lowest BCUT2D eigenvalue weighted by Gasteiger charge is -2.28. The van der Waals surface area contributed by atoms with Crippen molar-refractivity contribution in [1.82, 2.24) is 4.90 Å². The fraction of sp³-hybridized carbons (Fsp3) is 0.583. The number of benzene rings is 1. The fourth-order valence-corrected chi connectivity index (χ4v) is 5.66. The molecule has 1 N–H and O–H groups in total. The van der Waals surface area contributed by atoms with E-state index in [0.29, 0.717) is 5.69 Å². The first-order valence-electron chi connectivity index (χ1n) is 11.1. The van der Waals surface area contributed by atoms with Crippen LogP contribution in [0.25, 0.3) is 0 Å². The number of esters is 1. The summed E-state index contributed by atoms with van der Waals surface area (Å²) in [7, 11) is 0. The molecule has 0 spiro atoms. The van der Waals surface area contributed by atoms with Gasteiger partial charge in [0.25, 0.3) is 5.91 Å². The third-order valence-corrected chi connectivity index (χ3v) is 7.13. The van der Waals surface area contributed by atoms with E-state index in [1.165, 1.54) is 0 Å². The Morgan fingerprint density at radius 3 is 2.29 bits per heavy atom. The highest BCUT2D eigenvalue weighted by Gasteiger charge is 2.62. The molecule has 0 unspecified atom stereocenters. The Balaban J connectivity index is 1.42.